The Morgan fingerprint density at radius 2 is 0.871 bits per heavy atom. The van der Waals surface area contributed by atoms with E-state index in [1.54, 1.807) is 62.3 Å². The van der Waals surface area contributed by atoms with Gasteiger partial charge in [0.1, 0.15) is 53.2 Å². The first-order chi connectivity index (χ1) is 28.9. The van der Waals surface area contributed by atoms with E-state index in [9.17, 15) is 28.8 Å². The fourth-order valence-electron chi connectivity index (χ4n) is 6.36. The molecule has 0 bridgehead atoms. The summed E-state index contributed by atoms with van der Waals surface area (Å²) < 4.78 is 31.6. The zero-order valence-electron chi connectivity index (χ0n) is 38.4. The minimum Gasteiger partial charge on any atom is -0.461 e. The lowest BCUT2D eigenvalue weighted by Crippen LogP contribution is -2.45. The third-order valence-electron chi connectivity index (χ3n) is 9.12. The summed E-state index contributed by atoms with van der Waals surface area (Å²) in [4.78, 5) is 74.2. The lowest BCUT2D eigenvalue weighted by Gasteiger charge is -2.23. The van der Waals surface area contributed by atoms with Crippen molar-refractivity contribution >= 4 is 52.1 Å². The number of alkyl carbamates (subject to hydrolysis) is 3. The molecule has 3 aliphatic carbocycles. The van der Waals surface area contributed by atoms with Gasteiger partial charge >= 0.3 is 36.2 Å². The highest BCUT2D eigenvalue weighted by atomic mass is 79.9. The van der Waals surface area contributed by atoms with Gasteiger partial charge in [-0.25, -0.2) is 28.8 Å². The maximum absolute atomic E-state index is 12.2. The van der Waals surface area contributed by atoms with Crippen molar-refractivity contribution < 1.29 is 57.2 Å². The molecule has 0 saturated heterocycles. The molecule has 3 amide bonds. The summed E-state index contributed by atoms with van der Waals surface area (Å²) in [5.74, 6) is -1.30. The van der Waals surface area contributed by atoms with Gasteiger partial charge in [0.2, 0.25) is 0 Å². The minimum atomic E-state index is -0.874. The number of nitrogens with zero attached hydrogens (tertiary/aromatic N) is 3. The van der Waals surface area contributed by atoms with Gasteiger partial charge in [-0.1, -0.05) is 21.0 Å². The van der Waals surface area contributed by atoms with Crippen LogP contribution in [0.5, 0.6) is 0 Å². The van der Waals surface area contributed by atoms with Crippen LogP contribution in [0, 0.1) is 0 Å². The van der Waals surface area contributed by atoms with Gasteiger partial charge in [-0.2, -0.15) is 0 Å². The van der Waals surface area contributed by atoms with Gasteiger partial charge in [0.25, 0.3) is 0 Å². The molecular weight excluding hydrogens is 874 g/mol. The van der Waals surface area contributed by atoms with Crippen LogP contribution in [0.4, 0.5) is 14.4 Å². The molecule has 19 nitrogen and oxygen atoms in total. The zero-order valence-corrected chi connectivity index (χ0v) is 40.0. The second-order valence-corrected chi connectivity index (χ2v) is 19.2. The number of ether oxygens (including phenoxy) is 6. The van der Waals surface area contributed by atoms with Crippen LogP contribution >= 0.6 is 15.9 Å². The highest BCUT2D eigenvalue weighted by Gasteiger charge is 2.31. The summed E-state index contributed by atoms with van der Waals surface area (Å²) in [6.45, 7) is 16.2. The Kier molecular flexibility index (Phi) is 25.8. The SMILES string of the molecule is CC(C)(C)OC(=O)N[C@@H](CCBr)C(=O)OC1CCCC1.CC(C)(C)OC(=O)N[C@@H](CCN)C(=O)OC1CCCC1.CC(C)(C)OC(=O)N[C@@H](CCN=[N+]=[N-])C(=O)OC1CCCC1. The van der Waals surface area contributed by atoms with Crippen LogP contribution in [0.1, 0.15) is 159 Å². The number of alkyl halides is 1. The number of hydrogen-bond acceptors (Lipinski definition) is 14. The van der Waals surface area contributed by atoms with Gasteiger partial charge in [0.05, 0.1) is 0 Å². The van der Waals surface area contributed by atoms with E-state index in [0.717, 1.165) is 77.0 Å². The zero-order chi connectivity index (χ0) is 46.9. The Morgan fingerprint density at radius 1 is 0.581 bits per heavy atom. The quantitative estimate of drug-likeness (QED) is 0.0286. The highest BCUT2D eigenvalue weighted by Crippen LogP contribution is 2.24. The molecule has 3 fully saturated rings. The molecule has 0 heterocycles. The molecule has 62 heavy (non-hydrogen) atoms. The largest absolute Gasteiger partial charge is 0.461 e. The van der Waals surface area contributed by atoms with Gasteiger partial charge in [0.15, 0.2) is 0 Å². The van der Waals surface area contributed by atoms with E-state index in [1.165, 1.54) is 0 Å². The molecule has 3 rings (SSSR count). The molecule has 0 aromatic heterocycles. The van der Waals surface area contributed by atoms with Gasteiger partial charge in [-0.3, -0.25) is 0 Å². The maximum atomic E-state index is 12.2. The number of rotatable bonds is 16. The number of halogens is 1. The summed E-state index contributed by atoms with van der Waals surface area (Å²) >= 11 is 3.28. The molecule has 0 aliphatic heterocycles. The number of carbonyl (C=O) groups is 6. The van der Waals surface area contributed by atoms with Crippen molar-refractivity contribution in [1.82, 2.24) is 16.0 Å². The van der Waals surface area contributed by atoms with E-state index in [1.807, 2.05) is 0 Å². The Hall–Kier alpha value is -4.03. The average Bonchev–Trinajstić information content (AvgIpc) is 3.95. The average molecular weight is 949 g/mol. The van der Waals surface area contributed by atoms with Crippen molar-refractivity contribution in [2.75, 3.05) is 18.4 Å². The Morgan fingerprint density at radius 3 is 1.13 bits per heavy atom. The maximum Gasteiger partial charge on any atom is 0.408 e. The minimum absolute atomic E-state index is 0.000706. The van der Waals surface area contributed by atoms with Gasteiger partial charge in [0, 0.05) is 16.8 Å². The highest BCUT2D eigenvalue weighted by molar-refractivity contribution is 9.09. The first kappa shape index (κ1) is 56.0. The third-order valence-corrected chi connectivity index (χ3v) is 9.57. The van der Waals surface area contributed by atoms with Gasteiger partial charge in [-0.15, -0.1) is 0 Å². The molecule has 3 aliphatic rings. The van der Waals surface area contributed by atoms with Crippen molar-refractivity contribution in [2.45, 2.75) is 212 Å². The van der Waals surface area contributed by atoms with Crippen LogP contribution in [-0.4, -0.2) is 108 Å². The van der Waals surface area contributed by atoms with Crippen molar-refractivity contribution in [1.29, 1.82) is 0 Å². The molecule has 0 aromatic carbocycles. The Labute approximate surface area is 375 Å². The van der Waals surface area contributed by atoms with Crippen LogP contribution in [0.25, 0.3) is 10.4 Å². The predicted octanol–water partition coefficient (Wildman–Crippen LogP) is 7.93. The van der Waals surface area contributed by atoms with Crippen LogP contribution in [0.2, 0.25) is 0 Å². The number of hydrogen-bond donors (Lipinski definition) is 4. The van der Waals surface area contributed by atoms with E-state index < -0.39 is 65.1 Å². The molecule has 20 heteroatoms. The molecule has 0 radical (unpaired) electrons. The lowest BCUT2D eigenvalue weighted by atomic mass is 10.2. The van der Waals surface area contributed by atoms with E-state index in [-0.39, 0.29) is 37.2 Å². The number of amides is 3. The molecule has 0 unspecified atom stereocenters. The van der Waals surface area contributed by atoms with E-state index in [4.69, 9.17) is 39.7 Å². The molecule has 356 valence electrons. The smallest absolute Gasteiger partial charge is 0.408 e. The fourth-order valence-corrected chi connectivity index (χ4v) is 6.82. The van der Waals surface area contributed by atoms with E-state index in [0.29, 0.717) is 24.7 Å². The summed E-state index contributed by atoms with van der Waals surface area (Å²) in [7, 11) is 0. The topological polar surface area (TPSA) is 269 Å². The molecular formula is C42H74BrN7O12. The van der Waals surface area contributed by atoms with Crippen LogP contribution < -0.4 is 21.7 Å². The first-order valence-electron chi connectivity index (χ1n) is 21.8. The Balaban J connectivity index is 0.000000466. The Bertz CT molecular complexity index is 1380. The summed E-state index contributed by atoms with van der Waals surface area (Å²) in [6, 6.07) is -2.28. The fraction of sp³-hybridized carbons (Fsp3) is 0.857. The van der Waals surface area contributed by atoms with Gasteiger partial charge < -0.3 is 50.1 Å². The molecule has 0 spiro atoms. The van der Waals surface area contributed by atoms with Crippen molar-refractivity contribution in [2.24, 2.45) is 10.8 Å². The number of nitrogens with two attached hydrogens (primary N) is 1. The molecule has 0 aromatic rings. The van der Waals surface area contributed by atoms with Crippen molar-refractivity contribution in [3.63, 3.8) is 0 Å². The number of esters is 3. The lowest BCUT2D eigenvalue weighted by molar-refractivity contribution is -0.152. The van der Waals surface area contributed by atoms with E-state index in [2.05, 4.69) is 41.9 Å². The van der Waals surface area contributed by atoms with Crippen molar-refractivity contribution in [3.05, 3.63) is 10.4 Å². The summed E-state index contributed by atoms with van der Waals surface area (Å²) in [5.41, 5.74) is 11.9. The number of azide groups is 1. The second kappa shape index (κ2) is 28.6. The first-order valence-corrected chi connectivity index (χ1v) is 22.9. The van der Waals surface area contributed by atoms with Crippen molar-refractivity contribution in [3.8, 4) is 0 Å². The number of carbonyl (C=O) groups excluding carboxylic acids is 6. The van der Waals surface area contributed by atoms with E-state index >= 15 is 0 Å². The van der Waals surface area contributed by atoms with Gasteiger partial charge in [-0.05, 0) is 171 Å². The standard InChI is InChI=1S/C14H24BrNO4.C14H24N4O4.C14H26N2O4/c1-14(2,3)20-13(18)16-11(8-9-15)12(17)19-10-6-4-5-7-10;1-14(2,3)22-13(20)17-11(8-9-16-18-15)12(19)21-10-6-4-5-7-10;1-14(2,3)20-13(18)16-11(8-9-15)12(17)19-10-6-4-5-7-10/h10-11H,4-9H2,1-3H3,(H,16,18);10-11H,4-9H2,1-3H3,(H,17,20);10-11H,4-9,15H2,1-3H3,(H,16,18)/t3*11-/m000/s1. The van der Waals surface area contributed by atoms with Crippen LogP contribution in [-0.2, 0) is 42.8 Å². The molecule has 5 N–H and O–H groups in total. The normalized spacial score (nSPS) is 17.2. The monoisotopic (exact) mass is 947 g/mol. The molecule has 3 atom stereocenters. The van der Waals surface area contributed by atoms with Crippen LogP contribution in [0.15, 0.2) is 5.11 Å². The molecule has 3 saturated carbocycles. The number of nitrogens with one attached hydrogen (secondary N) is 3. The summed E-state index contributed by atoms with van der Waals surface area (Å²) in [5, 5.41) is 11.6. The second-order valence-electron chi connectivity index (χ2n) is 18.4. The summed E-state index contributed by atoms with van der Waals surface area (Å²) in [6.07, 6.45) is 10.7. The van der Waals surface area contributed by atoms with Crippen LogP contribution in [0.3, 0.4) is 0 Å². The third kappa shape index (κ3) is 27.1. The predicted molar refractivity (Wildman–Crippen MR) is 235 cm³/mol.